The van der Waals surface area contributed by atoms with Crippen LogP contribution in [0.3, 0.4) is 0 Å². The van der Waals surface area contributed by atoms with Gasteiger partial charge in [-0.05, 0) is 39.7 Å². The van der Waals surface area contributed by atoms with Gasteiger partial charge < -0.3 is 15.4 Å². The van der Waals surface area contributed by atoms with Crippen LogP contribution in [0.1, 0.15) is 33.6 Å². The summed E-state index contributed by atoms with van der Waals surface area (Å²) < 4.78 is 5.18. The summed E-state index contributed by atoms with van der Waals surface area (Å²) in [5.74, 6) is 0.258. The molecule has 0 saturated heterocycles. The molecule has 0 aromatic carbocycles. The molecular weight excluding hydrogens is 288 g/mol. The van der Waals surface area contributed by atoms with Gasteiger partial charge in [-0.3, -0.25) is 10.1 Å². The molecule has 1 saturated carbocycles. The minimum Gasteiger partial charge on any atom is -0.444 e. The first kappa shape index (κ1) is 16.0. The van der Waals surface area contributed by atoms with Crippen LogP contribution in [0, 0.1) is 10.1 Å². The van der Waals surface area contributed by atoms with E-state index >= 15 is 0 Å². The van der Waals surface area contributed by atoms with Crippen LogP contribution in [-0.4, -0.2) is 33.7 Å². The highest BCUT2D eigenvalue weighted by molar-refractivity contribution is 5.68. The summed E-state index contributed by atoms with van der Waals surface area (Å²) in [7, 11) is 0. The highest BCUT2D eigenvalue weighted by Gasteiger charge is 2.33. The van der Waals surface area contributed by atoms with Gasteiger partial charge in [0.1, 0.15) is 5.60 Å². The normalized spacial score (nSPS) is 20.7. The second-order valence-electron chi connectivity index (χ2n) is 6.28. The fourth-order valence-electron chi connectivity index (χ4n) is 2.18. The molecule has 8 heteroatoms. The molecular formula is C14H20N4O4. The maximum absolute atomic E-state index is 11.6. The topological polar surface area (TPSA) is 106 Å². The van der Waals surface area contributed by atoms with E-state index in [9.17, 15) is 14.9 Å². The first-order chi connectivity index (χ1) is 10.2. The first-order valence-corrected chi connectivity index (χ1v) is 7.10. The molecule has 1 heterocycles. The highest BCUT2D eigenvalue weighted by atomic mass is 16.6. The standard InChI is InChI=1S/C14H20N4O4/c1-14(2,3)22-13(19)17-10-7-9(8-10)16-12-11(18(20)21)5-4-6-15-12/h4-6,9-10H,7-8H2,1-3H3,(H,15,16)(H,17,19)/t9-,10-. The Morgan fingerprint density at radius 2 is 2.09 bits per heavy atom. The number of hydrogen-bond acceptors (Lipinski definition) is 6. The Balaban J connectivity index is 1.81. The van der Waals surface area contributed by atoms with Gasteiger partial charge in [0.2, 0.25) is 5.82 Å². The third kappa shape index (κ3) is 4.31. The smallest absolute Gasteiger partial charge is 0.407 e. The van der Waals surface area contributed by atoms with Gasteiger partial charge in [0.05, 0.1) is 4.92 Å². The molecule has 0 aliphatic heterocycles. The number of alkyl carbamates (subject to hydrolysis) is 1. The van der Waals surface area contributed by atoms with Crippen molar-refractivity contribution in [1.82, 2.24) is 10.3 Å². The van der Waals surface area contributed by atoms with Crippen LogP contribution in [0.15, 0.2) is 18.3 Å². The molecule has 1 aromatic rings. The lowest BCUT2D eigenvalue weighted by molar-refractivity contribution is -0.384. The van der Waals surface area contributed by atoms with Crippen LogP contribution in [-0.2, 0) is 4.74 Å². The molecule has 0 spiro atoms. The Hall–Kier alpha value is -2.38. The van der Waals surface area contributed by atoms with Gasteiger partial charge in [0.15, 0.2) is 0 Å². The molecule has 1 fully saturated rings. The van der Waals surface area contributed by atoms with Crippen molar-refractivity contribution in [3.05, 3.63) is 28.4 Å². The quantitative estimate of drug-likeness (QED) is 0.653. The number of pyridine rings is 1. The van der Waals surface area contributed by atoms with Gasteiger partial charge in [-0.15, -0.1) is 0 Å². The number of nitro groups is 1. The monoisotopic (exact) mass is 308 g/mol. The van der Waals surface area contributed by atoms with Crippen molar-refractivity contribution in [3.63, 3.8) is 0 Å². The summed E-state index contributed by atoms with van der Waals surface area (Å²) >= 11 is 0. The number of nitrogens with zero attached hydrogens (tertiary/aromatic N) is 2. The number of aromatic nitrogens is 1. The predicted molar refractivity (Wildman–Crippen MR) is 80.7 cm³/mol. The van der Waals surface area contributed by atoms with E-state index in [0.29, 0.717) is 12.8 Å². The van der Waals surface area contributed by atoms with E-state index in [2.05, 4.69) is 15.6 Å². The van der Waals surface area contributed by atoms with Crippen molar-refractivity contribution in [3.8, 4) is 0 Å². The number of rotatable bonds is 4. The Labute approximate surface area is 128 Å². The van der Waals surface area contributed by atoms with Crippen molar-refractivity contribution < 1.29 is 14.5 Å². The first-order valence-electron chi connectivity index (χ1n) is 7.10. The van der Waals surface area contributed by atoms with E-state index < -0.39 is 16.6 Å². The highest BCUT2D eigenvalue weighted by Crippen LogP contribution is 2.28. The van der Waals surface area contributed by atoms with Crippen molar-refractivity contribution in [2.24, 2.45) is 0 Å². The summed E-state index contributed by atoms with van der Waals surface area (Å²) in [5.41, 5.74) is -0.578. The molecule has 0 radical (unpaired) electrons. The van der Waals surface area contributed by atoms with Gasteiger partial charge in [-0.2, -0.15) is 0 Å². The molecule has 1 aliphatic carbocycles. The molecule has 1 aromatic heterocycles. The summed E-state index contributed by atoms with van der Waals surface area (Å²) in [4.78, 5) is 26.0. The second-order valence-corrected chi connectivity index (χ2v) is 6.28. The van der Waals surface area contributed by atoms with E-state index in [0.717, 1.165) is 0 Å². The lowest BCUT2D eigenvalue weighted by atomic mass is 9.87. The minimum absolute atomic E-state index is 0.00937. The van der Waals surface area contributed by atoms with Crippen LogP contribution in [0.2, 0.25) is 0 Å². The van der Waals surface area contributed by atoms with Crippen molar-refractivity contribution in [1.29, 1.82) is 0 Å². The molecule has 2 N–H and O–H groups in total. The second kappa shape index (κ2) is 6.17. The van der Waals surface area contributed by atoms with Gasteiger partial charge in [-0.1, -0.05) is 0 Å². The van der Waals surface area contributed by atoms with E-state index in [4.69, 9.17) is 4.74 Å². The SMILES string of the molecule is CC(C)(C)OC(=O)N[C@H]1C[C@H](Nc2ncccc2[N+](=O)[O-])C1. The van der Waals surface area contributed by atoms with Crippen molar-refractivity contribution >= 4 is 17.6 Å². The summed E-state index contributed by atoms with van der Waals surface area (Å²) in [6, 6.07) is 2.99. The fraction of sp³-hybridized carbons (Fsp3) is 0.571. The van der Waals surface area contributed by atoms with Gasteiger partial charge in [-0.25, -0.2) is 9.78 Å². The average Bonchev–Trinajstić information content (AvgIpc) is 2.34. The van der Waals surface area contributed by atoms with Gasteiger partial charge in [0.25, 0.3) is 0 Å². The lowest BCUT2D eigenvalue weighted by Crippen LogP contribution is -2.50. The van der Waals surface area contributed by atoms with E-state index in [1.54, 1.807) is 20.8 Å². The number of amides is 1. The third-order valence-corrected chi connectivity index (χ3v) is 3.18. The minimum atomic E-state index is -0.528. The molecule has 2 rings (SSSR count). The molecule has 0 bridgehead atoms. The molecule has 1 amide bonds. The molecule has 0 atom stereocenters. The molecule has 120 valence electrons. The average molecular weight is 308 g/mol. The van der Waals surface area contributed by atoms with Crippen molar-refractivity contribution in [2.45, 2.75) is 51.3 Å². The summed E-state index contributed by atoms with van der Waals surface area (Å²) in [6.45, 7) is 5.41. The number of carbonyl (C=O) groups excluding carboxylic acids is 1. The predicted octanol–water partition coefficient (Wildman–Crippen LogP) is 2.46. The lowest BCUT2D eigenvalue weighted by Gasteiger charge is -2.36. The van der Waals surface area contributed by atoms with Gasteiger partial charge >= 0.3 is 11.8 Å². The largest absolute Gasteiger partial charge is 0.444 e. The number of hydrogen-bond donors (Lipinski definition) is 2. The maximum Gasteiger partial charge on any atom is 0.407 e. The van der Waals surface area contributed by atoms with E-state index in [1.807, 2.05) is 0 Å². The Morgan fingerprint density at radius 3 is 2.68 bits per heavy atom. The number of nitrogens with one attached hydrogen (secondary N) is 2. The number of anilines is 1. The van der Waals surface area contributed by atoms with E-state index in [-0.39, 0.29) is 23.6 Å². The molecule has 1 aliphatic rings. The zero-order valence-corrected chi connectivity index (χ0v) is 12.8. The molecule has 0 unspecified atom stereocenters. The molecule has 22 heavy (non-hydrogen) atoms. The fourth-order valence-corrected chi connectivity index (χ4v) is 2.18. The van der Waals surface area contributed by atoms with Crippen LogP contribution < -0.4 is 10.6 Å². The number of ether oxygens (including phenoxy) is 1. The summed E-state index contributed by atoms with van der Waals surface area (Å²) in [5, 5.41) is 16.7. The third-order valence-electron chi connectivity index (χ3n) is 3.18. The van der Waals surface area contributed by atoms with Crippen LogP contribution in [0.5, 0.6) is 0 Å². The Bertz CT molecular complexity index is 564. The van der Waals surface area contributed by atoms with Crippen LogP contribution in [0.4, 0.5) is 16.3 Å². The van der Waals surface area contributed by atoms with Gasteiger partial charge in [0, 0.05) is 24.3 Å². The number of carbonyl (C=O) groups is 1. The molecule has 8 nitrogen and oxygen atoms in total. The van der Waals surface area contributed by atoms with Crippen molar-refractivity contribution in [2.75, 3.05) is 5.32 Å². The Morgan fingerprint density at radius 1 is 1.41 bits per heavy atom. The van der Waals surface area contributed by atoms with E-state index in [1.165, 1.54) is 18.3 Å². The van der Waals surface area contributed by atoms with Crippen LogP contribution >= 0.6 is 0 Å². The zero-order valence-electron chi connectivity index (χ0n) is 12.8. The maximum atomic E-state index is 11.6. The van der Waals surface area contributed by atoms with Crippen LogP contribution in [0.25, 0.3) is 0 Å². The Kier molecular flexibility index (Phi) is 4.48. The summed E-state index contributed by atoms with van der Waals surface area (Å²) in [6.07, 6.45) is 2.41. The zero-order chi connectivity index (χ0) is 16.3.